The van der Waals surface area contributed by atoms with Crippen molar-refractivity contribution in [1.82, 2.24) is 4.98 Å². The van der Waals surface area contributed by atoms with E-state index in [4.69, 9.17) is 0 Å². The Kier molecular flexibility index (Phi) is 8.24. The molecule has 0 aliphatic heterocycles. The Labute approximate surface area is 174 Å². The van der Waals surface area contributed by atoms with Gasteiger partial charge in [-0.05, 0) is 42.0 Å². The molecule has 0 bridgehead atoms. The van der Waals surface area contributed by atoms with Crippen LogP contribution in [0.15, 0.2) is 60.8 Å². The molecule has 152 valence electrons. The van der Waals surface area contributed by atoms with E-state index in [0.717, 1.165) is 17.5 Å². The van der Waals surface area contributed by atoms with Gasteiger partial charge in [0, 0.05) is 17.3 Å². The number of anilines is 1. The van der Waals surface area contributed by atoms with E-state index in [1.54, 1.807) is 12.3 Å². The van der Waals surface area contributed by atoms with Crippen molar-refractivity contribution in [2.75, 3.05) is 5.32 Å². The van der Waals surface area contributed by atoms with Crippen LogP contribution in [0.4, 0.5) is 5.69 Å². The van der Waals surface area contributed by atoms with Crippen LogP contribution in [0.2, 0.25) is 0 Å². The van der Waals surface area contributed by atoms with E-state index in [1.807, 2.05) is 24.3 Å². The van der Waals surface area contributed by atoms with Crippen molar-refractivity contribution in [2.24, 2.45) is 0 Å². The van der Waals surface area contributed by atoms with Gasteiger partial charge in [-0.15, -0.1) is 0 Å². The summed E-state index contributed by atoms with van der Waals surface area (Å²) in [7, 11) is 0. The van der Waals surface area contributed by atoms with Gasteiger partial charge in [0.05, 0.1) is 0 Å². The zero-order valence-corrected chi connectivity index (χ0v) is 17.5. The maximum atomic E-state index is 12.6. The lowest BCUT2D eigenvalue weighted by Gasteiger charge is -2.13. The summed E-state index contributed by atoms with van der Waals surface area (Å²) < 4.78 is 0. The molecule has 0 radical (unpaired) electrons. The first-order valence-electron chi connectivity index (χ1n) is 11.0. The summed E-state index contributed by atoms with van der Waals surface area (Å²) in [6.45, 7) is 2.26. The lowest BCUT2D eigenvalue weighted by molar-refractivity contribution is 0.102. The van der Waals surface area contributed by atoms with Crippen molar-refractivity contribution in [2.45, 2.75) is 64.7 Å². The van der Waals surface area contributed by atoms with Crippen molar-refractivity contribution < 1.29 is 4.79 Å². The first kappa shape index (κ1) is 21.0. The molecule has 3 heteroatoms. The maximum Gasteiger partial charge on any atom is 0.274 e. The molecule has 1 amide bonds. The van der Waals surface area contributed by atoms with Gasteiger partial charge in [0.1, 0.15) is 5.69 Å². The van der Waals surface area contributed by atoms with Gasteiger partial charge in [0.15, 0.2) is 0 Å². The van der Waals surface area contributed by atoms with E-state index in [2.05, 4.69) is 41.5 Å². The number of rotatable bonds is 11. The number of nitrogens with one attached hydrogen (secondary N) is 1. The quantitative estimate of drug-likeness (QED) is 0.354. The molecule has 0 atom stereocenters. The van der Waals surface area contributed by atoms with Gasteiger partial charge in [-0.3, -0.25) is 9.78 Å². The predicted octanol–water partition coefficient (Wildman–Crippen LogP) is 7.17. The molecule has 2 aromatic carbocycles. The van der Waals surface area contributed by atoms with Crippen molar-refractivity contribution in [3.63, 3.8) is 0 Å². The highest BCUT2D eigenvalue weighted by atomic mass is 16.1. The van der Waals surface area contributed by atoms with Gasteiger partial charge in [-0.2, -0.15) is 0 Å². The number of amides is 1. The molecule has 1 aromatic heterocycles. The summed E-state index contributed by atoms with van der Waals surface area (Å²) in [6.07, 6.45) is 13.2. The molecule has 3 rings (SSSR count). The number of carbonyl (C=O) groups excluding carboxylic acids is 1. The first-order valence-corrected chi connectivity index (χ1v) is 11.0. The minimum atomic E-state index is -0.167. The first-order chi connectivity index (χ1) is 14.3. The summed E-state index contributed by atoms with van der Waals surface area (Å²) in [5.41, 5.74) is 2.61. The average Bonchev–Trinajstić information content (AvgIpc) is 2.76. The molecule has 0 aliphatic carbocycles. The molecular formula is C26H32N2O. The molecule has 0 saturated heterocycles. The van der Waals surface area contributed by atoms with Crippen molar-refractivity contribution in [3.8, 4) is 0 Å². The number of nitrogens with zero attached hydrogens (tertiary/aromatic N) is 1. The Morgan fingerprint density at radius 3 is 2.28 bits per heavy atom. The van der Waals surface area contributed by atoms with Crippen LogP contribution in [0, 0.1) is 0 Å². The van der Waals surface area contributed by atoms with Crippen LogP contribution < -0.4 is 5.32 Å². The second kappa shape index (κ2) is 11.4. The smallest absolute Gasteiger partial charge is 0.274 e. The largest absolute Gasteiger partial charge is 0.320 e. The van der Waals surface area contributed by atoms with E-state index in [-0.39, 0.29) is 5.91 Å². The maximum absolute atomic E-state index is 12.6. The molecule has 0 spiro atoms. The molecule has 1 N–H and O–H groups in total. The lowest BCUT2D eigenvalue weighted by Crippen LogP contribution is -2.13. The SMILES string of the molecule is CCCCCCCCCCc1cccc2cccc(NC(=O)c3ccccn3)c12. The number of aromatic nitrogens is 1. The summed E-state index contributed by atoms with van der Waals surface area (Å²) in [5, 5.41) is 5.39. The molecule has 1 heterocycles. The summed E-state index contributed by atoms with van der Waals surface area (Å²) in [4.78, 5) is 16.8. The molecule has 0 saturated carbocycles. The van der Waals surface area contributed by atoms with Gasteiger partial charge >= 0.3 is 0 Å². The normalized spacial score (nSPS) is 10.9. The highest BCUT2D eigenvalue weighted by molar-refractivity contribution is 6.09. The zero-order valence-electron chi connectivity index (χ0n) is 17.5. The minimum Gasteiger partial charge on any atom is -0.320 e. The predicted molar refractivity (Wildman–Crippen MR) is 122 cm³/mol. The standard InChI is InChI=1S/C26H32N2O/c1-2-3-4-5-6-7-8-9-14-21-15-12-16-22-17-13-19-23(25(21)22)28-26(29)24-18-10-11-20-27-24/h10-13,15-20H,2-9,14H2,1H3,(H,28,29). The van der Waals surface area contributed by atoms with E-state index in [0.29, 0.717) is 5.69 Å². The van der Waals surface area contributed by atoms with Gasteiger partial charge in [-0.1, -0.05) is 88.3 Å². The van der Waals surface area contributed by atoms with Gasteiger partial charge in [0.25, 0.3) is 5.91 Å². The Hall–Kier alpha value is -2.68. The number of benzene rings is 2. The van der Waals surface area contributed by atoms with Gasteiger partial charge in [0.2, 0.25) is 0 Å². The Balaban J connectivity index is 1.65. The average molecular weight is 389 g/mol. The number of aryl methyl sites for hydroxylation is 1. The summed E-state index contributed by atoms with van der Waals surface area (Å²) in [6, 6.07) is 17.9. The van der Waals surface area contributed by atoms with Crippen molar-refractivity contribution >= 4 is 22.4 Å². The third kappa shape index (κ3) is 6.15. The molecule has 3 nitrogen and oxygen atoms in total. The zero-order chi connectivity index (χ0) is 20.3. The molecule has 3 aromatic rings. The van der Waals surface area contributed by atoms with Gasteiger partial charge in [-0.25, -0.2) is 0 Å². The van der Waals surface area contributed by atoms with Crippen molar-refractivity contribution in [3.05, 3.63) is 72.1 Å². The number of hydrogen-bond acceptors (Lipinski definition) is 2. The van der Waals surface area contributed by atoms with Crippen LogP contribution in [0.5, 0.6) is 0 Å². The monoisotopic (exact) mass is 388 g/mol. The minimum absolute atomic E-state index is 0.167. The third-order valence-electron chi connectivity index (χ3n) is 5.44. The number of carbonyl (C=O) groups is 1. The Morgan fingerprint density at radius 1 is 0.828 bits per heavy atom. The van der Waals surface area contributed by atoms with E-state index in [1.165, 1.54) is 62.3 Å². The molecule has 0 aliphatic rings. The molecule has 0 unspecified atom stereocenters. The summed E-state index contributed by atoms with van der Waals surface area (Å²) >= 11 is 0. The lowest BCUT2D eigenvalue weighted by atomic mass is 9.97. The van der Waals surface area contributed by atoms with Crippen LogP contribution in [0.1, 0.15) is 74.3 Å². The Bertz CT molecular complexity index is 900. The Morgan fingerprint density at radius 2 is 1.55 bits per heavy atom. The van der Waals surface area contributed by atoms with Crippen LogP contribution >= 0.6 is 0 Å². The number of pyridine rings is 1. The van der Waals surface area contributed by atoms with Crippen LogP contribution in [-0.2, 0) is 6.42 Å². The van der Waals surface area contributed by atoms with Crippen LogP contribution in [0.3, 0.4) is 0 Å². The topological polar surface area (TPSA) is 42.0 Å². The van der Waals surface area contributed by atoms with Crippen LogP contribution in [-0.4, -0.2) is 10.9 Å². The van der Waals surface area contributed by atoms with E-state index >= 15 is 0 Å². The fraction of sp³-hybridized carbons (Fsp3) is 0.385. The highest BCUT2D eigenvalue weighted by Gasteiger charge is 2.11. The van der Waals surface area contributed by atoms with E-state index < -0.39 is 0 Å². The fourth-order valence-corrected chi connectivity index (χ4v) is 3.86. The number of unbranched alkanes of at least 4 members (excludes halogenated alkanes) is 7. The molecule has 29 heavy (non-hydrogen) atoms. The second-order valence-electron chi connectivity index (χ2n) is 7.71. The summed E-state index contributed by atoms with van der Waals surface area (Å²) in [5.74, 6) is -0.167. The molecular weight excluding hydrogens is 356 g/mol. The number of fused-ring (bicyclic) bond motifs is 1. The number of hydrogen-bond donors (Lipinski definition) is 1. The highest BCUT2D eigenvalue weighted by Crippen LogP contribution is 2.29. The van der Waals surface area contributed by atoms with E-state index in [9.17, 15) is 4.79 Å². The fourth-order valence-electron chi connectivity index (χ4n) is 3.86. The second-order valence-corrected chi connectivity index (χ2v) is 7.71. The molecule has 0 fully saturated rings. The third-order valence-corrected chi connectivity index (χ3v) is 5.44. The van der Waals surface area contributed by atoms with Crippen molar-refractivity contribution in [1.29, 1.82) is 0 Å². The van der Waals surface area contributed by atoms with Crippen LogP contribution in [0.25, 0.3) is 10.8 Å². The van der Waals surface area contributed by atoms with Gasteiger partial charge < -0.3 is 5.32 Å².